The summed E-state index contributed by atoms with van der Waals surface area (Å²) in [6, 6.07) is 3.74. The summed E-state index contributed by atoms with van der Waals surface area (Å²) >= 11 is 0. The smallest absolute Gasteiger partial charge is 0.200 e. The van der Waals surface area contributed by atoms with Gasteiger partial charge in [0.2, 0.25) is 0 Å². The molecule has 0 saturated heterocycles. The van der Waals surface area contributed by atoms with Crippen molar-refractivity contribution in [3.63, 3.8) is 0 Å². The molecule has 0 aliphatic rings. The minimum Gasteiger partial charge on any atom is -0.358 e. The Bertz CT molecular complexity index is 466. The second-order valence-electron chi connectivity index (χ2n) is 3.94. The fourth-order valence-electron chi connectivity index (χ4n) is 1.48. The third-order valence-corrected chi connectivity index (χ3v) is 2.43. The lowest BCUT2D eigenvalue weighted by molar-refractivity contribution is 0.583. The van der Waals surface area contributed by atoms with Crippen LogP contribution in [0.15, 0.2) is 12.1 Å². The first kappa shape index (κ1) is 10.7. The third-order valence-electron chi connectivity index (χ3n) is 2.43. The molecule has 2 N–H and O–H groups in total. The molecule has 16 heavy (non-hydrogen) atoms. The number of fused-ring (bicyclic) bond motifs is 1. The second-order valence-corrected chi connectivity index (χ2v) is 3.94. The van der Waals surface area contributed by atoms with Gasteiger partial charge in [0.05, 0.1) is 0 Å². The SMILES string of the molecule is CC(CN)CN(C)c1ccc2nnnn2n1. The van der Waals surface area contributed by atoms with Gasteiger partial charge in [0.15, 0.2) is 11.5 Å². The van der Waals surface area contributed by atoms with Gasteiger partial charge in [-0.15, -0.1) is 14.8 Å². The predicted molar refractivity (Wildman–Crippen MR) is 60.1 cm³/mol. The van der Waals surface area contributed by atoms with Crippen molar-refractivity contribution in [2.45, 2.75) is 6.92 Å². The lowest BCUT2D eigenvalue weighted by atomic mass is 10.2. The van der Waals surface area contributed by atoms with Gasteiger partial charge in [-0.05, 0) is 35.0 Å². The number of nitrogens with two attached hydrogens (primary N) is 1. The summed E-state index contributed by atoms with van der Waals surface area (Å²) < 4.78 is 1.42. The Hall–Kier alpha value is -1.76. The summed E-state index contributed by atoms with van der Waals surface area (Å²) in [5.41, 5.74) is 6.23. The lowest BCUT2D eigenvalue weighted by Gasteiger charge is -2.20. The van der Waals surface area contributed by atoms with Gasteiger partial charge >= 0.3 is 0 Å². The molecule has 1 atom stereocenters. The maximum atomic E-state index is 5.59. The standard InChI is InChI=1S/C9H15N7/c1-7(5-10)6-15(2)9-4-3-8-11-13-14-16(8)12-9/h3-4,7H,5-6,10H2,1-2H3. The van der Waals surface area contributed by atoms with Crippen molar-refractivity contribution in [1.82, 2.24) is 25.3 Å². The molecule has 2 aromatic rings. The molecular formula is C9H15N7. The van der Waals surface area contributed by atoms with Crippen LogP contribution >= 0.6 is 0 Å². The van der Waals surface area contributed by atoms with Crippen molar-refractivity contribution in [2.24, 2.45) is 11.7 Å². The van der Waals surface area contributed by atoms with E-state index in [-0.39, 0.29) is 0 Å². The summed E-state index contributed by atoms with van der Waals surface area (Å²) in [6.45, 7) is 3.63. The molecule has 0 radical (unpaired) electrons. The van der Waals surface area contributed by atoms with E-state index in [2.05, 4.69) is 27.5 Å². The molecular weight excluding hydrogens is 206 g/mol. The molecule has 0 fully saturated rings. The first-order chi connectivity index (χ1) is 7.70. The molecule has 2 aromatic heterocycles. The van der Waals surface area contributed by atoms with Crippen LogP contribution in [0.2, 0.25) is 0 Å². The first-order valence-corrected chi connectivity index (χ1v) is 5.17. The Morgan fingerprint density at radius 3 is 3.06 bits per heavy atom. The first-order valence-electron chi connectivity index (χ1n) is 5.17. The van der Waals surface area contributed by atoms with Crippen molar-refractivity contribution in [1.29, 1.82) is 0 Å². The van der Waals surface area contributed by atoms with Crippen LogP contribution in [-0.4, -0.2) is 45.4 Å². The van der Waals surface area contributed by atoms with Gasteiger partial charge in [-0.3, -0.25) is 0 Å². The van der Waals surface area contributed by atoms with Gasteiger partial charge in [0.1, 0.15) is 0 Å². The highest BCUT2D eigenvalue weighted by Crippen LogP contribution is 2.10. The highest BCUT2D eigenvalue weighted by atomic mass is 15.6. The summed E-state index contributed by atoms with van der Waals surface area (Å²) in [6.07, 6.45) is 0. The molecule has 0 aliphatic carbocycles. The number of nitrogens with zero attached hydrogens (tertiary/aromatic N) is 6. The molecule has 7 heteroatoms. The summed E-state index contributed by atoms with van der Waals surface area (Å²) in [4.78, 5) is 2.04. The third kappa shape index (κ3) is 2.08. The summed E-state index contributed by atoms with van der Waals surface area (Å²) in [5, 5.41) is 15.4. The fourth-order valence-corrected chi connectivity index (χ4v) is 1.48. The van der Waals surface area contributed by atoms with E-state index in [1.54, 1.807) is 0 Å². The molecule has 2 rings (SSSR count). The zero-order valence-electron chi connectivity index (χ0n) is 9.41. The van der Waals surface area contributed by atoms with Gasteiger partial charge < -0.3 is 10.6 Å². The second kappa shape index (κ2) is 4.40. The van der Waals surface area contributed by atoms with E-state index in [1.165, 1.54) is 4.63 Å². The molecule has 0 aliphatic heterocycles. The Balaban J connectivity index is 2.18. The van der Waals surface area contributed by atoms with Gasteiger partial charge in [0, 0.05) is 13.6 Å². The number of hydrogen-bond donors (Lipinski definition) is 1. The quantitative estimate of drug-likeness (QED) is 0.752. The van der Waals surface area contributed by atoms with Crippen molar-refractivity contribution in [2.75, 3.05) is 25.0 Å². The highest BCUT2D eigenvalue weighted by molar-refractivity contribution is 5.43. The number of rotatable bonds is 4. The van der Waals surface area contributed by atoms with Gasteiger partial charge in [0.25, 0.3) is 0 Å². The van der Waals surface area contributed by atoms with E-state index in [1.807, 2.05) is 24.1 Å². The number of anilines is 1. The monoisotopic (exact) mass is 221 g/mol. The van der Waals surface area contributed by atoms with Gasteiger partial charge in [-0.2, -0.15) is 0 Å². The fraction of sp³-hybridized carbons (Fsp3) is 0.556. The van der Waals surface area contributed by atoms with E-state index in [0.717, 1.165) is 12.4 Å². The van der Waals surface area contributed by atoms with Crippen LogP contribution in [0.3, 0.4) is 0 Å². The average Bonchev–Trinajstić information content (AvgIpc) is 2.75. The van der Waals surface area contributed by atoms with Crippen molar-refractivity contribution in [3.05, 3.63) is 12.1 Å². The van der Waals surface area contributed by atoms with E-state index < -0.39 is 0 Å². The van der Waals surface area contributed by atoms with E-state index in [0.29, 0.717) is 18.1 Å². The Kier molecular flexibility index (Phi) is 2.95. The molecule has 0 aromatic carbocycles. The van der Waals surface area contributed by atoms with E-state index in [9.17, 15) is 0 Å². The van der Waals surface area contributed by atoms with Crippen molar-refractivity contribution in [3.8, 4) is 0 Å². The minimum atomic E-state index is 0.427. The maximum absolute atomic E-state index is 5.59. The van der Waals surface area contributed by atoms with E-state index in [4.69, 9.17) is 5.73 Å². The Morgan fingerprint density at radius 1 is 1.50 bits per heavy atom. The molecule has 1 unspecified atom stereocenters. The maximum Gasteiger partial charge on any atom is 0.200 e. The van der Waals surface area contributed by atoms with Crippen LogP contribution in [0.1, 0.15) is 6.92 Å². The average molecular weight is 221 g/mol. The summed E-state index contributed by atoms with van der Waals surface area (Å²) in [5.74, 6) is 1.26. The highest BCUT2D eigenvalue weighted by Gasteiger charge is 2.08. The number of tetrazole rings is 1. The van der Waals surface area contributed by atoms with E-state index >= 15 is 0 Å². The van der Waals surface area contributed by atoms with Crippen LogP contribution in [0.25, 0.3) is 5.65 Å². The Morgan fingerprint density at radius 2 is 2.31 bits per heavy atom. The largest absolute Gasteiger partial charge is 0.358 e. The van der Waals surface area contributed by atoms with Crippen LogP contribution in [0, 0.1) is 5.92 Å². The zero-order chi connectivity index (χ0) is 11.5. The Labute approximate surface area is 93.2 Å². The minimum absolute atomic E-state index is 0.427. The molecule has 0 bridgehead atoms. The van der Waals surface area contributed by atoms with Crippen LogP contribution in [0.5, 0.6) is 0 Å². The molecule has 0 spiro atoms. The predicted octanol–water partition coefficient (Wildman–Crippen LogP) is -0.450. The normalized spacial score (nSPS) is 12.9. The van der Waals surface area contributed by atoms with Gasteiger partial charge in [-0.25, -0.2) is 0 Å². The molecule has 7 nitrogen and oxygen atoms in total. The molecule has 0 amide bonds. The van der Waals surface area contributed by atoms with Crippen LogP contribution in [0.4, 0.5) is 5.82 Å². The number of hydrogen-bond acceptors (Lipinski definition) is 6. The molecule has 2 heterocycles. The zero-order valence-corrected chi connectivity index (χ0v) is 9.41. The molecule has 86 valence electrons. The topological polar surface area (TPSA) is 85.2 Å². The van der Waals surface area contributed by atoms with Crippen molar-refractivity contribution < 1.29 is 0 Å². The van der Waals surface area contributed by atoms with Crippen molar-refractivity contribution >= 4 is 11.5 Å². The van der Waals surface area contributed by atoms with Gasteiger partial charge in [-0.1, -0.05) is 6.92 Å². The lowest BCUT2D eigenvalue weighted by Crippen LogP contribution is -2.29. The van der Waals surface area contributed by atoms with Crippen LogP contribution in [-0.2, 0) is 0 Å². The summed E-state index contributed by atoms with van der Waals surface area (Å²) in [7, 11) is 1.98. The van der Waals surface area contributed by atoms with Crippen LogP contribution < -0.4 is 10.6 Å². The number of aromatic nitrogens is 5. The molecule has 0 saturated carbocycles.